The molecule has 3 N–H and O–H groups in total. The van der Waals surface area contributed by atoms with Crippen molar-refractivity contribution < 1.29 is 4.79 Å². The molecule has 1 fully saturated rings. The van der Waals surface area contributed by atoms with E-state index in [1.54, 1.807) is 11.8 Å². The number of hydrogen-bond acceptors (Lipinski definition) is 3. The van der Waals surface area contributed by atoms with Gasteiger partial charge in [-0.2, -0.15) is 0 Å². The van der Waals surface area contributed by atoms with E-state index in [2.05, 4.69) is 4.98 Å². The van der Waals surface area contributed by atoms with Crippen molar-refractivity contribution in [3.8, 4) is 0 Å². The largest absolute Gasteiger partial charge is 0.364 e. The van der Waals surface area contributed by atoms with Crippen LogP contribution in [0.5, 0.6) is 0 Å². The molecule has 0 spiro atoms. The molecule has 5 nitrogen and oxygen atoms in total. The summed E-state index contributed by atoms with van der Waals surface area (Å²) in [5, 5.41) is 0. The zero-order valence-electron chi connectivity index (χ0n) is 11.0. The number of aromatic amines is 1. The lowest BCUT2D eigenvalue weighted by Crippen LogP contribution is -2.71. The monoisotopic (exact) mass is 249 g/mol. The number of hydrogen-bond donors (Lipinski definition) is 2. The first kappa shape index (κ1) is 12.8. The number of nitrogens with two attached hydrogens (primary N) is 1. The number of carbonyl (C=O) groups is 1. The van der Waals surface area contributed by atoms with Gasteiger partial charge in [0.25, 0.3) is 5.91 Å². The number of aryl methyl sites for hydroxylation is 1. The molecule has 1 aliphatic rings. The Bertz CT molecular complexity index is 527. The van der Waals surface area contributed by atoms with E-state index in [1.165, 1.54) is 12.3 Å². The number of pyridine rings is 1. The van der Waals surface area contributed by atoms with Gasteiger partial charge in [-0.05, 0) is 12.8 Å². The second kappa shape index (κ2) is 4.24. The van der Waals surface area contributed by atoms with Crippen molar-refractivity contribution >= 4 is 5.91 Å². The predicted molar refractivity (Wildman–Crippen MR) is 69.5 cm³/mol. The summed E-state index contributed by atoms with van der Waals surface area (Å²) in [7, 11) is 0. The maximum absolute atomic E-state index is 12.1. The van der Waals surface area contributed by atoms with Crippen LogP contribution in [0.15, 0.2) is 17.1 Å². The highest BCUT2D eigenvalue weighted by Crippen LogP contribution is 2.26. The van der Waals surface area contributed by atoms with Crippen LogP contribution in [0.2, 0.25) is 0 Å². The lowest BCUT2D eigenvalue weighted by atomic mass is 9.80. The van der Waals surface area contributed by atoms with Crippen LogP contribution in [0.1, 0.15) is 29.9 Å². The van der Waals surface area contributed by atoms with E-state index in [-0.39, 0.29) is 22.4 Å². The first-order valence-corrected chi connectivity index (χ1v) is 6.11. The van der Waals surface area contributed by atoms with Crippen molar-refractivity contribution in [2.24, 2.45) is 11.7 Å². The van der Waals surface area contributed by atoms with E-state index in [0.29, 0.717) is 19.0 Å². The average Bonchev–Trinajstić information content (AvgIpc) is 2.23. The van der Waals surface area contributed by atoms with Gasteiger partial charge in [-0.25, -0.2) is 0 Å². The van der Waals surface area contributed by atoms with Crippen LogP contribution < -0.4 is 11.2 Å². The van der Waals surface area contributed by atoms with Crippen LogP contribution in [0.25, 0.3) is 0 Å². The van der Waals surface area contributed by atoms with Gasteiger partial charge in [-0.15, -0.1) is 0 Å². The fourth-order valence-electron chi connectivity index (χ4n) is 2.08. The number of aromatic nitrogens is 1. The normalized spacial score (nSPS) is 17.7. The summed E-state index contributed by atoms with van der Waals surface area (Å²) in [6.07, 6.45) is 1.48. The lowest BCUT2D eigenvalue weighted by Gasteiger charge is -2.50. The molecule has 0 saturated carbocycles. The number of H-pyrrole nitrogens is 1. The molecule has 1 aromatic rings. The average molecular weight is 249 g/mol. The van der Waals surface area contributed by atoms with Gasteiger partial charge < -0.3 is 15.6 Å². The molecule has 0 radical (unpaired) electrons. The van der Waals surface area contributed by atoms with E-state index >= 15 is 0 Å². The van der Waals surface area contributed by atoms with Crippen LogP contribution in [-0.4, -0.2) is 34.4 Å². The number of likely N-dealkylation sites (tertiary alicyclic amines) is 1. The smallest absolute Gasteiger partial charge is 0.259 e. The molecule has 1 aliphatic heterocycles. The van der Waals surface area contributed by atoms with Crippen molar-refractivity contribution in [2.45, 2.75) is 26.3 Å². The van der Waals surface area contributed by atoms with Crippen molar-refractivity contribution in [3.05, 3.63) is 33.7 Å². The fraction of sp³-hybridized carbons (Fsp3) is 0.538. The minimum Gasteiger partial charge on any atom is -0.364 e. The molecule has 5 heteroatoms. The minimum atomic E-state index is -0.312. The highest BCUT2D eigenvalue weighted by Gasteiger charge is 2.44. The second-order valence-corrected chi connectivity index (χ2v) is 5.44. The van der Waals surface area contributed by atoms with Gasteiger partial charge in [0.05, 0.1) is 5.54 Å². The van der Waals surface area contributed by atoms with Crippen LogP contribution in [0.3, 0.4) is 0 Å². The zero-order chi connectivity index (χ0) is 13.5. The summed E-state index contributed by atoms with van der Waals surface area (Å²) < 4.78 is 0. The van der Waals surface area contributed by atoms with E-state index in [0.717, 1.165) is 5.69 Å². The summed E-state index contributed by atoms with van der Waals surface area (Å²) in [4.78, 5) is 28.4. The molecule has 18 heavy (non-hydrogen) atoms. The summed E-state index contributed by atoms with van der Waals surface area (Å²) in [5.41, 5.74) is 6.51. The molecule has 1 amide bonds. The Kier molecular flexibility index (Phi) is 3.02. The quantitative estimate of drug-likeness (QED) is 0.800. The Morgan fingerprint density at radius 3 is 2.61 bits per heavy atom. The van der Waals surface area contributed by atoms with Gasteiger partial charge in [0, 0.05) is 31.0 Å². The van der Waals surface area contributed by atoms with Gasteiger partial charge in [0.2, 0.25) is 0 Å². The highest BCUT2D eigenvalue weighted by molar-refractivity contribution is 5.94. The Morgan fingerprint density at radius 1 is 1.50 bits per heavy atom. The number of amides is 1. The van der Waals surface area contributed by atoms with Crippen LogP contribution in [-0.2, 0) is 0 Å². The van der Waals surface area contributed by atoms with Gasteiger partial charge in [0.1, 0.15) is 5.56 Å². The van der Waals surface area contributed by atoms with Crippen LogP contribution >= 0.6 is 0 Å². The van der Waals surface area contributed by atoms with Crippen molar-refractivity contribution in [1.29, 1.82) is 0 Å². The molecular weight excluding hydrogens is 230 g/mol. The molecule has 0 aromatic carbocycles. The summed E-state index contributed by atoms with van der Waals surface area (Å²) in [5.74, 6) is 0.0795. The third kappa shape index (κ3) is 2.06. The van der Waals surface area contributed by atoms with E-state index in [9.17, 15) is 9.59 Å². The SMILES string of the molecule is Cc1cc(=O)c(C(=O)N2CC(N)(C(C)C)C2)c[nH]1. The lowest BCUT2D eigenvalue weighted by molar-refractivity contribution is 0.0273. The minimum absolute atomic E-state index is 0.186. The molecule has 2 heterocycles. The first-order valence-electron chi connectivity index (χ1n) is 6.11. The maximum Gasteiger partial charge on any atom is 0.259 e. The molecule has 0 atom stereocenters. The van der Waals surface area contributed by atoms with Gasteiger partial charge in [0.15, 0.2) is 5.43 Å². The molecule has 98 valence electrons. The molecule has 0 unspecified atom stereocenters. The predicted octanol–water partition coefficient (Wildman–Crippen LogP) is 0.493. The number of nitrogens with zero attached hydrogens (tertiary/aromatic N) is 1. The Balaban J connectivity index is 2.13. The Labute approximate surface area is 106 Å². The third-order valence-corrected chi connectivity index (χ3v) is 3.70. The van der Waals surface area contributed by atoms with Crippen molar-refractivity contribution in [3.63, 3.8) is 0 Å². The number of nitrogens with one attached hydrogen (secondary N) is 1. The second-order valence-electron chi connectivity index (χ2n) is 5.44. The number of rotatable bonds is 2. The summed E-state index contributed by atoms with van der Waals surface area (Å²) in [6.45, 7) is 6.89. The highest BCUT2D eigenvalue weighted by atomic mass is 16.2. The van der Waals surface area contributed by atoms with Crippen molar-refractivity contribution in [2.75, 3.05) is 13.1 Å². The molecule has 0 aliphatic carbocycles. The van der Waals surface area contributed by atoms with Gasteiger partial charge in [-0.3, -0.25) is 9.59 Å². The number of carbonyl (C=O) groups excluding carboxylic acids is 1. The zero-order valence-corrected chi connectivity index (χ0v) is 11.0. The van der Waals surface area contributed by atoms with Crippen LogP contribution in [0.4, 0.5) is 0 Å². The first-order chi connectivity index (χ1) is 8.33. The standard InChI is InChI=1S/C13H19N3O2/c1-8(2)13(14)6-16(7-13)12(18)10-5-15-9(3)4-11(10)17/h4-5,8H,6-7,14H2,1-3H3,(H,15,17). The summed E-state index contributed by atoms with van der Waals surface area (Å²) >= 11 is 0. The molecule has 1 aromatic heterocycles. The van der Waals surface area contributed by atoms with E-state index in [4.69, 9.17) is 5.73 Å². The van der Waals surface area contributed by atoms with E-state index < -0.39 is 0 Å². The van der Waals surface area contributed by atoms with Gasteiger partial charge >= 0.3 is 0 Å². The fourth-order valence-corrected chi connectivity index (χ4v) is 2.08. The van der Waals surface area contributed by atoms with Gasteiger partial charge in [-0.1, -0.05) is 13.8 Å². The molecular formula is C13H19N3O2. The van der Waals surface area contributed by atoms with Crippen LogP contribution in [0, 0.1) is 12.8 Å². The molecule has 1 saturated heterocycles. The maximum atomic E-state index is 12.1. The molecule has 2 rings (SSSR count). The van der Waals surface area contributed by atoms with E-state index in [1.807, 2.05) is 13.8 Å². The van der Waals surface area contributed by atoms with Crippen molar-refractivity contribution in [1.82, 2.24) is 9.88 Å². The molecule has 0 bridgehead atoms. The summed E-state index contributed by atoms with van der Waals surface area (Å²) in [6, 6.07) is 1.44. The Morgan fingerprint density at radius 2 is 2.11 bits per heavy atom. The third-order valence-electron chi connectivity index (χ3n) is 3.70. The Hall–Kier alpha value is -1.62. The topological polar surface area (TPSA) is 79.2 Å².